The van der Waals surface area contributed by atoms with E-state index in [2.05, 4.69) is 5.32 Å². The average molecular weight is 317 g/mol. The summed E-state index contributed by atoms with van der Waals surface area (Å²) in [5, 5.41) is 2.65. The van der Waals surface area contributed by atoms with Gasteiger partial charge in [-0.05, 0) is 42.8 Å². The number of hydrogen-bond donors (Lipinski definition) is 1. The van der Waals surface area contributed by atoms with Crippen LogP contribution in [0.4, 0.5) is 10.1 Å². The molecule has 0 atom stereocenters. The van der Waals surface area contributed by atoms with Crippen molar-refractivity contribution in [1.82, 2.24) is 0 Å². The van der Waals surface area contributed by atoms with Crippen molar-refractivity contribution < 1.29 is 23.5 Å². The molecule has 120 valence electrons. The van der Waals surface area contributed by atoms with Crippen molar-refractivity contribution >= 4 is 17.6 Å². The summed E-state index contributed by atoms with van der Waals surface area (Å²) in [6.07, 6.45) is 0. The molecule has 1 amide bonds. The van der Waals surface area contributed by atoms with E-state index >= 15 is 0 Å². The smallest absolute Gasteiger partial charge is 0.338 e. The quantitative estimate of drug-likeness (QED) is 0.880. The molecule has 23 heavy (non-hydrogen) atoms. The van der Waals surface area contributed by atoms with Crippen LogP contribution in [0.15, 0.2) is 36.4 Å². The molecule has 2 aromatic carbocycles. The maximum atomic E-state index is 13.4. The Kier molecular flexibility index (Phi) is 4.95. The van der Waals surface area contributed by atoms with Crippen LogP contribution in [-0.2, 0) is 4.74 Å². The molecule has 1 N–H and O–H groups in total. The van der Waals surface area contributed by atoms with Gasteiger partial charge in [-0.3, -0.25) is 4.79 Å². The maximum Gasteiger partial charge on any atom is 0.338 e. The van der Waals surface area contributed by atoms with E-state index in [1.54, 1.807) is 25.1 Å². The van der Waals surface area contributed by atoms with Crippen molar-refractivity contribution in [2.24, 2.45) is 0 Å². The highest BCUT2D eigenvalue weighted by Gasteiger charge is 2.17. The van der Waals surface area contributed by atoms with Crippen LogP contribution in [0, 0.1) is 12.7 Å². The molecule has 2 rings (SSSR count). The van der Waals surface area contributed by atoms with Crippen LogP contribution >= 0.6 is 0 Å². The lowest BCUT2D eigenvalue weighted by molar-refractivity contribution is 0.0599. The molecular formula is C17H16FNO4. The number of rotatable bonds is 4. The van der Waals surface area contributed by atoms with Crippen LogP contribution in [-0.4, -0.2) is 26.1 Å². The molecule has 0 aliphatic carbocycles. The van der Waals surface area contributed by atoms with Gasteiger partial charge in [-0.1, -0.05) is 6.07 Å². The SMILES string of the molecule is COC(=O)c1cccc(NC(=O)c2cc(F)ccc2OC)c1C. The number of halogens is 1. The van der Waals surface area contributed by atoms with Crippen LogP contribution in [0.1, 0.15) is 26.3 Å². The minimum atomic E-state index is -0.545. The van der Waals surface area contributed by atoms with E-state index in [9.17, 15) is 14.0 Å². The third-order valence-electron chi connectivity index (χ3n) is 3.39. The number of nitrogens with one attached hydrogen (secondary N) is 1. The molecular weight excluding hydrogens is 301 g/mol. The number of hydrogen-bond acceptors (Lipinski definition) is 4. The lowest BCUT2D eigenvalue weighted by Crippen LogP contribution is -2.15. The van der Waals surface area contributed by atoms with Gasteiger partial charge in [0.25, 0.3) is 5.91 Å². The molecule has 0 aromatic heterocycles. The first-order chi connectivity index (χ1) is 11.0. The minimum Gasteiger partial charge on any atom is -0.496 e. The monoisotopic (exact) mass is 317 g/mol. The van der Waals surface area contributed by atoms with Gasteiger partial charge in [0.15, 0.2) is 0 Å². The number of carbonyl (C=O) groups excluding carboxylic acids is 2. The second-order valence-electron chi connectivity index (χ2n) is 4.77. The van der Waals surface area contributed by atoms with Gasteiger partial charge < -0.3 is 14.8 Å². The Morgan fingerprint density at radius 3 is 2.48 bits per heavy atom. The van der Waals surface area contributed by atoms with Gasteiger partial charge in [0.1, 0.15) is 11.6 Å². The molecule has 0 saturated heterocycles. The molecule has 5 nitrogen and oxygen atoms in total. The first-order valence-corrected chi connectivity index (χ1v) is 6.80. The Labute approximate surface area is 133 Å². The van der Waals surface area contributed by atoms with Gasteiger partial charge in [0, 0.05) is 5.69 Å². The van der Waals surface area contributed by atoms with E-state index in [0.29, 0.717) is 16.8 Å². The molecule has 0 aliphatic heterocycles. The number of benzene rings is 2. The van der Waals surface area contributed by atoms with Crippen LogP contribution < -0.4 is 10.1 Å². The third-order valence-corrected chi connectivity index (χ3v) is 3.39. The fourth-order valence-electron chi connectivity index (χ4n) is 2.15. The second kappa shape index (κ2) is 6.91. The van der Waals surface area contributed by atoms with Crippen molar-refractivity contribution in [2.75, 3.05) is 19.5 Å². The largest absolute Gasteiger partial charge is 0.496 e. The first kappa shape index (κ1) is 16.5. The van der Waals surface area contributed by atoms with Gasteiger partial charge >= 0.3 is 5.97 Å². The van der Waals surface area contributed by atoms with E-state index in [4.69, 9.17) is 9.47 Å². The molecule has 0 unspecified atom stereocenters. The zero-order valence-corrected chi connectivity index (χ0v) is 13.0. The topological polar surface area (TPSA) is 64.6 Å². The summed E-state index contributed by atoms with van der Waals surface area (Å²) in [5.41, 5.74) is 1.40. The molecule has 0 fully saturated rings. The molecule has 0 bridgehead atoms. The van der Waals surface area contributed by atoms with Crippen molar-refractivity contribution in [3.8, 4) is 5.75 Å². The Hall–Kier alpha value is -2.89. The summed E-state index contributed by atoms with van der Waals surface area (Å²) < 4.78 is 23.1. The van der Waals surface area contributed by atoms with Gasteiger partial charge in [-0.2, -0.15) is 0 Å². The summed E-state index contributed by atoms with van der Waals surface area (Å²) in [6.45, 7) is 1.69. The molecule has 0 saturated carbocycles. The van der Waals surface area contributed by atoms with Crippen molar-refractivity contribution in [3.63, 3.8) is 0 Å². The van der Waals surface area contributed by atoms with Crippen LogP contribution in [0.25, 0.3) is 0 Å². The Balaban J connectivity index is 2.35. The van der Waals surface area contributed by atoms with E-state index in [1.165, 1.54) is 26.4 Å². The number of amides is 1. The van der Waals surface area contributed by atoms with Crippen LogP contribution in [0.2, 0.25) is 0 Å². The van der Waals surface area contributed by atoms with E-state index in [0.717, 1.165) is 6.07 Å². The number of methoxy groups -OCH3 is 2. The first-order valence-electron chi connectivity index (χ1n) is 6.80. The third kappa shape index (κ3) is 3.48. The Bertz CT molecular complexity index is 758. The number of carbonyl (C=O) groups is 2. The summed E-state index contributed by atoms with van der Waals surface area (Å²) in [7, 11) is 2.68. The van der Waals surface area contributed by atoms with Crippen molar-refractivity contribution in [2.45, 2.75) is 6.92 Å². The molecule has 0 spiro atoms. The lowest BCUT2D eigenvalue weighted by atomic mass is 10.1. The second-order valence-corrected chi connectivity index (χ2v) is 4.77. The molecule has 6 heteroatoms. The summed E-state index contributed by atoms with van der Waals surface area (Å²) in [4.78, 5) is 24.1. The fourth-order valence-corrected chi connectivity index (χ4v) is 2.15. The fraction of sp³-hybridized carbons (Fsp3) is 0.176. The normalized spacial score (nSPS) is 10.1. The van der Waals surface area contributed by atoms with E-state index in [1.807, 2.05) is 0 Å². The molecule has 2 aromatic rings. The van der Waals surface area contributed by atoms with Crippen LogP contribution in [0.5, 0.6) is 5.75 Å². The standard InChI is InChI=1S/C17H16FNO4/c1-10-12(17(21)23-3)5-4-6-14(10)19-16(20)13-9-11(18)7-8-15(13)22-2/h4-9H,1-3H3,(H,19,20). The van der Waals surface area contributed by atoms with Gasteiger partial charge in [-0.25, -0.2) is 9.18 Å². The Morgan fingerprint density at radius 1 is 1.09 bits per heavy atom. The van der Waals surface area contributed by atoms with Gasteiger partial charge in [-0.15, -0.1) is 0 Å². The van der Waals surface area contributed by atoms with Gasteiger partial charge in [0.05, 0.1) is 25.3 Å². The number of esters is 1. The van der Waals surface area contributed by atoms with Crippen LogP contribution in [0.3, 0.4) is 0 Å². The minimum absolute atomic E-state index is 0.0652. The highest BCUT2D eigenvalue weighted by atomic mass is 19.1. The van der Waals surface area contributed by atoms with Crippen molar-refractivity contribution in [1.29, 1.82) is 0 Å². The number of anilines is 1. The summed E-state index contributed by atoms with van der Waals surface area (Å²) in [6, 6.07) is 8.54. The Morgan fingerprint density at radius 2 is 1.83 bits per heavy atom. The molecule has 0 radical (unpaired) electrons. The zero-order valence-electron chi connectivity index (χ0n) is 13.0. The summed E-state index contributed by atoms with van der Waals surface area (Å²) >= 11 is 0. The highest BCUT2D eigenvalue weighted by Crippen LogP contribution is 2.24. The predicted octanol–water partition coefficient (Wildman–Crippen LogP) is 3.18. The lowest BCUT2D eigenvalue weighted by Gasteiger charge is -2.13. The predicted molar refractivity (Wildman–Crippen MR) is 83.4 cm³/mol. The summed E-state index contributed by atoms with van der Waals surface area (Å²) in [5.74, 6) is -1.32. The average Bonchev–Trinajstić information content (AvgIpc) is 2.56. The van der Waals surface area contributed by atoms with E-state index < -0.39 is 17.7 Å². The number of ether oxygens (including phenoxy) is 2. The highest BCUT2D eigenvalue weighted by molar-refractivity contribution is 6.07. The maximum absolute atomic E-state index is 13.4. The van der Waals surface area contributed by atoms with Crippen molar-refractivity contribution in [3.05, 3.63) is 58.9 Å². The molecule has 0 aliphatic rings. The zero-order chi connectivity index (χ0) is 17.0. The van der Waals surface area contributed by atoms with Gasteiger partial charge in [0.2, 0.25) is 0 Å². The van der Waals surface area contributed by atoms with E-state index in [-0.39, 0.29) is 11.3 Å². The molecule has 0 heterocycles.